The van der Waals surface area contributed by atoms with E-state index in [2.05, 4.69) is 25.1 Å². The highest BCUT2D eigenvalue weighted by molar-refractivity contribution is 7.22. The number of anilines is 1. The second-order valence-electron chi connectivity index (χ2n) is 7.16. The molecule has 3 aromatic carbocycles. The van der Waals surface area contributed by atoms with Gasteiger partial charge < -0.3 is 0 Å². The highest BCUT2D eigenvalue weighted by Crippen LogP contribution is 2.32. The fourth-order valence-corrected chi connectivity index (χ4v) is 4.39. The predicted octanol–water partition coefficient (Wildman–Crippen LogP) is 6.07. The zero-order valence-electron chi connectivity index (χ0n) is 16.3. The molecule has 0 aliphatic carbocycles. The van der Waals surface area contributed by atoms with E-state index in [1.807, 2.05) is 62.4 Å². The van der Waals surface area contributed by atoms with E-state index in [0.717, 1.165) is 37.6 Å². The zero-order valence-corrected chi connectivity index (χ0v) is 17.1. The first-order valence-electron chi connectivity index (χ1n) is 9.31. The fourth-order valence-electron chi connectivity index (χ4n) is 3.33. The van der Waals surface area contributed by atoms with Crippen LogP contribution in [0.1, 0.15) is 32.6 Å². The molecule has 1 aromatic heterocycles. The third-order valence-corrected chi connectivity index (χ3v) is 5.85. The van der Waals surface area contributed by atoms with Gasteiger partial charge in [0.25, 0.3) is 5.91 Å². The molecular formula is C24H22N2OS. The Morgan fingerprint density at radius 1 is 0.929 bits per heavy atom. The van der Waals surface area contributed by atoms with Crippen molar-refractivity contribution < 1.29 is 4.79 Å². The van der Waals surface area contributed by atoms with Gasteiger partial charge in [-0.05, 0) is 55.7 Å². The third-order valence-electron chi connectivity index (χ3n) is 4.80. The maximum absolute atomic E-state index is 13.5. The molecule has 28 heavy (non-hydrogen) atoms. The van der Waals surface area contributed by atoms with Gasteiger partial charge in [-0.1, -0.05) is 65.4 Å². The molecule has 4 aromatic rings. The third kappa shape index (κ3) is 3.69. The lowest BCUT2D eigenvalue weighted by atomic mass is 10.0. The van der Waals surface area contributed by atoms with Crippen LogP contribution in [-0.2, 0) is 6.54 Å². The summed E-state index contributed by atoms with van der Waals surface area (Å²) in [6, 6.07) is 22.2. The quantitative estimate of drug-likeness (QED) is 0.426. The van der Waals surface area contributed by atoms with Crippen LogP contribution in [0.3, 0.4) is 0 Å². The normalized spacial score (nSPS) is 11.0. The summed E-state index contributed by atoms with van der Waals surface area (Å²) in [5, 5.41) is 0.731. The number of thiazole rings is 1. The first-order chi connectivity index (χ1) is 13.5. The van der Waals surface area contributed by atoms with Gasteiger partial charge >= 0.3 is 0 Å². The summed E-state index contributed by atoms with van der Waals surface area (Å²) in [6.07, 6.45) is 0. The highest BCUT2D eigenvalue weighted by Gasteiger charge is 2.23. The van der Waals surface area contributed by atoms with Gasteiger partial charge in [-0.3, -0.25) is 9.69 Å². The van der Waals surface area contributed by atoms with Crippen molar-refractivity contribution in [3.63, 3.8) is 0 Å². The number of aromatic nitrogens is 1. The molecule has 0 radical (unpaired) electrons. The minimum absolute atomic E-state index is 0.0165. The lowest BCUT2D eigenvalue weighted by Gasteiger charge is -2.21. The molecule has 140 valence electrons. The maximum Gasteiger partial charge on any atom is 0.260 e. The molecular weight excluding hydrogens is 364 g/mol. The number of amides is 1. The van der Waals surface area contributed by atoms with Crippen molar-refractivity contribution in [1.29, 1.82) is 0 Å². The van der Waals surface area contributed by atoms with Crippen LogP contribution in [0.25, 0.3) is 10.2 Å². The molecule has 1 amide bonds. The van der Waals surface area contributed by atoms with Gasteiger partial charge in [0.15, 0.2) is 5.13 Å². The van der Waals surface area contributed by atoms with Crippen molar-refractivity contribution in [2.24, 2.45) is 0 Å². The SMILES string of the molecule is Cc1ccc(C(=O)N(Cc2ccccc2)c2nc3ccc(C)cc3s2)c(C)c1. The van der Waals surface area contributed by atoms with Gasteiger partial charge in [-0.2, -0.15) is 0 Å². The van der Waals surface area contributed by atoms with Gasteiger partial charge in [0.05, 0.1) is 16.8 Å². The Kier molecular flexibility index (Phi) is 4.97. The molecule has 0 aliphatic rings. The van der Waals surface area contributed by atoms with Crippen LogP contribution in [0.2, 0.25) is 0 Å². The van der Waals surface area contributed by atoms with Gasteiger partial charge in [0.1, 0.15) is 0 Å². The number of rotatable bonds is 4. The van der Waals surface area contributed by atoms with Crippen molar-refractivity contribution in [3.05, 3.63) is 94.5 Å². The molecule has 0 saturated carbocycles. The molecule has 0 aliphatic heterocycles. The number of aryl methyl sites for hydroxylation is 3. The summed E-state index contributed by atoms with van der Waals surface area (Å²) >= 11 is 1.56. The lowest BCUT2D eigenvalue weighted by molar-refractivity contribution is 0.0984. The molecule has 4 heteroatoms. The van der Waals surface area contributed by atoms with Crippen LogP contribution in [0, 0.1) is 20.8 Å². The van der Waals surface area contributed by atoms with Crippen molar-refractivity contribution in [2.75, 3.05) is 4.90 Å². The summed E-state index contributed by atoms with van der Waals surface area (Å²) < 4.78 is 1.10. The molecule has 1 heterocycles. The van der Waals surface area contributed by atoms with E-state index in [4.69, 9.17) is 4.98 Å². The summed E-state index contributed by atoms with van der Waals surface area (Å²) in [5.74, 6) is -0.0165. The minimum atomic E-state index is -0.0165. The van der Waals surface area contributed by atoms with Crippen LogP contribution in [0.4, 0.5) is 5.13 Å². The molecule has 4 rings (SSSR count). The van der Waals surface area contributed by atoms with Crippen molar-refractivity contribution in [3.8, 4) is 0 Å². The second-order valence-corrected chi connectivity index (χ2v) is 8.17. The zero-order chi connectivity index (χ0) is 19.7. The van der Waals surface area contributed by atoms with E-state index in [1.54, 1.807) is 16.2 Å². The highest BCUT2D eigenvalue weighted by atomic mass is 32.1. The number of carbonyl (C=O) groups is 1. The Morgan fingerprint density at radius 2 is 1.64 bits per heavy atom. The van der Waals surface area contributed by atoms with Gasteiger partial charge in [0, 0.05) is 5.56 Å². The number of hydrogen-bond acceptors (Lipinski definition) is 3. The number of hydrogen-bond donors (Lipinski definition) is 0. The van der Waals surface area contributed by atoms with Crippen LogP contribution in [0.15, 0.2) is 66.7 Å². The lowest BCUT2D eigenvalue weighted by Crippen LogP contribution is -2.30. The average Bonchev–Trinajstić information content (AvgIpc) is 3.09. The average molecular weight is 387 g/mol. The number of nitrogens with zero attached hydrogens (tertiary/aromatic N) is 2. The number of fused-ring (bicyclic) bond motifs is 1. The van der Waals surface area contributed by atoms with Crippen LogP contribution < -0.4 is 4.90 Å². The summed E-state index contributed by atoms with van der Waals surface area (Å²) in [5.41, 5.74) is 6.06. The standard InChI is InChI=1S/C24H22N2OS/c1-16-9-11-20(18(3)13-16)23(27)26(15-19-7-5-4-6-8-19)24-25-21-12-10-17(2)14-22(21)28-24/h4-14H,15H2,1-3H3. The van der Waals surface area contributed by atoms with Crippen molar-refractivity contribution in [2.45, 2.75) is 27.3 Å². The molecule has 0 unspecified atom stereocenters. The minimum Gasteiger partial charge on any atom is -0.279 e. The Bertz CT molecular complexity index is 1150. The first-order valence-corrected chi connectivity index (χ1v) is 10.1. The van der Waals surface area contributed by atoms with Crippen LogP contribution in [-0.4, -0.2) is 10.9 Å². The summed E-state index contributed by atoms with van der Waals surface area (Å²) in [7, 11) is 0. The fraction of sp³-hybridized carbons (Fsp3) is 0.167. The smallest absolute Gasteiger partial charge is 0.260 e. The topological polar surface area (TPSA) is 33.2 Å². The Balaban J connectivity index is 1.79. The van der Waals surface area contributed by atoms with Gasteiger partial charge in [0.2, 0.25) is 0 Å². The van der Waals surface area contributed by atoms with Crippen molar-refractivity contribution >= 4 is 32.6 Å². The van der Waals surface area contributed by atoms with E-state index in [-0.39, 0.29) is 5.91 Å². The number of benzene rings is 3. The van der Waals surface area contributed by atoms with Crippen molar-refractivity contribution in [1.82, 2.24) is 4.98 Å². The monoisotopic (exact) mass is 386 g/mol. The van der Waals surface area contributed by atoms with Gasteiger partial charge in [-0.15, -0.1) is 0 Å². The molecule has 0 atom stereocenters. The molecule has 0 fully saturated rings. The van der Waals surface area contributed by atoms with Crippen LogP contribution in [0.5, 0.6) is 0 Å². The summed E-state index contributed by atoms with van der Waals surface area (Å²) in [6.45, 7) is 6.59. The van der Waals surface area contributed by atoms with E-state index in [9.17, 15) is 4.79 Å². The Morgan fingerprint density at radius 3 is 2.39 bits per heavy atom. The first kappa shape index (κ1) is 18.4. The molecule has 0 bridgehead atoms. The van der Waals surface area contributed by atoms with Crippen LogP contribution >= 0.6 is 11.3 Å². The largest absolute Gasteiger partial charge is 0.279 e. The maximum atomic E-state index is 13.5. The van der Waals surface area contributed by atoms with E-state index < -0.39 is 0 Å². The Hall–Kier alpha value is -2.98. The van der Waals surface area contributed by atoms with E-state index in [1.165, 1.54) is 5.56 Å². The molecule has 0 saturated heterocycles. The number of carbonyl (C=O) groups excluding carboxylic acids is 1. The molecule has 0 spiro atoms. The van der Waals surface area contributed by atoms with Gasteiger partial charge in [-0.25, -0.2) is 4.98 Å². The predicted molar refractivity (Wildman–Crippen MR) is 117 cm³/mol. The second kappa shape index (κ2) is 7.56. The Labute approximate surface area is 169 Å². The van der Waals surface area contributed by atoms with E-state index >= 15 is 0 Å². The van der Waals surface area contributed by atoms with E-state index in [0.29, 0.717) is 6.54 Å². The molecule has 0 N–H and O–H groups in total. The molecule has 3 nitrogen and oxygen atoms in total. The summed E-state index contributed by atoms with van der Waals surface area (Å²) in [4.78, 5) is 20.1.